The molecule has 5 saturated carbocycles. The number of carboxylic acids is 2. The molecule has 0 bridgehead atoms. The number of hydrogen-bond acceptors (Lipinski definition) is 14. The Morgan fingerprint density at radius 2 is 0.652 bits per heavy atom. The Morgan fingerprint density at radius 1 is 0.359 bits per heavy atom. The van der Waals surface area contributed by atoms with Crippen LogP contribution in [0.25, 0.3) is 5.57 Å². The van der Waals surface area contributed by atoms with Gasteiger partial charge in [0.25, 0.3) is 0 Å². The van der Waals surface area contributed by atoms with E-state index in [2.05, 4.69) is 42.5 Å². The van der Waals surface area contributed by atoms with Gasteiger partial charge in [0, 0.05) is 12.8 Å². The number of rotatable bonds is 11. The Morgan fingerprint density at radius 3 is 0.978 bits per heavy atom. The van der Waals surface area contributed by atoms with Crippen LogP contribution in [0.3, 0.4) is 0 Å². The molecule has 0 amide bonds. The highest BCUT2D eigenvalue weighted by atomic mass is 16.5. The minimum absolute atomic E-state index is 0.0356. The molecule has 5 aromatic rings. The Hall–Kier alpha value is -7.79. The van der Waals surface area contributed by atoms with Gasteiger partial charge in [0.05, 0.1) is 80.7 Å². The summed E-state index contributed by atoms with van der Waals surface area (Å²) in [4.78, 5) is 77.4. The first-order valence-corrected chi connectivity index (χ1v) is 32.7. The lowest BCUT2D eigenvalue weighted by molar-refractivity contribution is -0.149. The molecule has 1 atom stereocenters. The molecule has 92 heavy (non-hydrogen) atoms. The first-order valence-electron chi connectivity index (χ1n) is 32.7. The van der Waals surface area contributed by atoms with Crippen molar-refractivity contribution in [2.45, 2.75) is 170 Å². The predicted molar refractivity (Wildman–Crippen MR) is 350 cm³/mol. The SMILES string of the molecule is COC(=O)C1CC=C(c2ccccc2)CC1.COC(=O)C1CCC(O)(c2ccccc2)CC1.COC(=O)C1CCC(O)(c2ccccc2)CC1.COC(=O)C1CCC(c2ccccc2)CC1.O=C(O)C1CCC(O)(c2ccccc2)CC1.O=C1CCC(C(=O)O)CC1. The second-order valence-electron chi connectivity index (χ2n) is 25.1. The molecule has 5 aromatic carbocycles. The number of carbonyl (C=O) groups is 7. The molecule has 0 aliphatic heterocycles. The van der Waals surface area contributed by atoms with E-state index < -0.39 is 28.7 Å². The molecular formula is C76H96O16. The molecule has 0 spiro atoms. The fourth-order valence-electron chi connectivity index (χ4n) is 13.3. The summed E-state index contributed by atoms with van der Waals surface area (Å²) in [5, 5.41) is 49.0. The van der Waals surface area contributed by atoms with Gasteiger partial charge >= 0.3 is 35.8 Å². The highest BCUT2D eigenvalue weighted by Gasteiger charge is 2.40. The van der Waals surface area contributed by atoms with Gasteiger partial charge in [0.1, 0.15) is 5.78 Å². The molecule has 0 aromatic heterocycles. The summed E-state index contributed by atoms with van der Waals surface area (Å²) in [5.41, 5.74) is 4.45. The van der Waals surface area contributed by atoms with Crippen molar-refractivity contribution in [1.29, 1.82) is 0 Å². The normalized spacial score (nSPS) is 25.9. The molecule has 1 unspecified atom stereocenters. The largest absolute Gasteiger partial charge is 0.481 e. The number of esters is 4. The third-order valence-corrected chi connectivity index (χ3v) is 19.3. The lowest BCUT2D eigenvalue weighted by atomic mass is 9.75. The minimum atomic E-state index is -0.826. The third kappa shape index (κ3) is 22.2. The summed E-state index contributed by atoms with van der Waals surface area (Å²) in [6, 6.07) is 49.8. The zero-order chi connectivity index (χ0) is 66.5. The average Bonchev–Trinajstić information content (AvgIpc) is 2.09. The topological polar surface area (TPSA) is 258 Å². The molecule has 11 rings (SSSR count). The summed E-state index contributed by atoms with van der Waals surface area (Å²) in [5.74, 6) is -1.56. The predicted octanol–water partition coefficient (Wildman–Crippen LogP) is 13.6. The summed E-state index contributed by atoms with van der Waals surface area (Å²) in [6.07, 6.45) is 18.4. The van der Waals surface area contributed by atoms with E-state index in [1.54, 1.807) is 0 Å². The summed E-state index contributed by atoms with van der Waals surface area (Å²) in [7, 11) is 5.77. The van der Waals surface area contributed by atoms with Crippen LogP contribution in [-0.4, -0.2) is 95.6 Å². The molecule has 5 N–H and O–H groups in total. The van der Waals surface area contributed by atoms with Gasteiger partial charge in [-0.1, -0.05) is 158 Å². The smallest absolute Gasteiger partial charge is 0.308 e. The van der Waals surface area contributed by atoms with E-state index >= 15 is 0 Å². The standard InChI is InChI=1S/2C14H18O3.C14H18O2.C14H16O2.C13H16O3.C7H10O3/c2*1-17-13(15)11-7-9-14(16,10-8-11)12-5-3-2-4-6-12;2*1-16-14(15)13-9-7-12(8-10-13)11-5-3-2-4-6-11;14-12(15)10-6-8-13(16,9-7-10)11-4-2-1-3-5-11;8-6-3-1-5(2-4-6)7(9)10/h2*2-6,11,16H,7-10H2,1H3;2-6,12-13H,7-10H2,1H3;2-7,13H,8-10H2,1H3;1-5,10,16H,6-9H2,(H,14,15);5H,1-4H2,(H,9,10). The molecule has 0 radical (unpaired) electrons. The number of hydrogen-bond donors (Lipinski definition) is 5. The second-order valence-corrected chi connectivity index (χ2v) is 25.1. The number of carbonyl (C=O) groups excluding carboxylic acids is 5. The number of ether oxygens (including phenoxy) is 4. The van der Waals surface area contributed by atoms with E-state index in [4.69, 9.17) is 29.2 Å². The third-order valence-electron chi connectivity index (χ3n) is 19.3. The van der Waals surface area contributed by atoms with E-state index in [0.29, 0.717) is 109 Å². The summed E-state index contributed by atoms with van der Waals surface area (Å²) < 4.78 is 19.0. The van der Waals surface area contributed by atoms with Crippen molar-refractivity contribution in [3.05, 3.63) is 186 Å². The maximum atomic E-state index is 11.4. The molecule has 5 fully saturated rings. The van der Waals surface area contributed by atoms with Crippen molar-refractivity contribution in [3.8, 4) is 0 Å². The summed E-state index contributed by atoms with van der Waals surface area (Å²) >= 11 is 0. The lowest BCUT2D eigenvalue weighted by Gasteiger charge is -2.35. The van der Waals surface area contributed by atoms with Crippen LogP contribution in [0.2, 0.25) is 0 Å². The van der Waals surface area contributed by atoms with Gasteiger partial charge in [0.15, 0.2) is 0 Å². The van der Waals surface area contributed by atoms with Gasteiger partial charge in [-0.3, -0.25) is 33.6 Å². The van der Waals surface area contributed by atoms with Crippen LogP contribution < -0.4 is 0 Å². The molecular weight excluding hydrogens is 1170 g/mol. The van der Waals surface area contributed by atoms with Crippen LogP contribution in [-0.2, 0) is 69.3 Å². The van der Waals surface area contributed by atoms with Gasteiger partial charge in [-0.25, -0.2) is 0 Å². The molecule has 496 valence electrons. The van der Waals surface area contributed by atoms with E-state index in [1.165, 1.54) is 45.1 Å². The molecule has 6 aliphatic rings. The van der Waals surface area contributed by atoms with Gasteiger partial charge in [-0.2, -0.15) is 0 Å². The zero-order valence-corrected chi connectivity index (χ0v) is 54.0. The van der Waals surface area contributed by atoms with Gasteiger partial charge in [-0.15, -0.1) is 0 Å². The van der Waals surface area contributed by atoms with Crippen LogP contribution in [0.4, 0.5) is 0 Å². The molecule has 16 nitrogen and oxygen atoms in total. The Kier molecular flexibility index (Phi) is 29.5. The minimum Gasteiger partial charge on any atom is -0.481 e. The number of Topliss-reactive ketones (excluding diaryl/α,β-unsaturated/α-hetero) is 1. The first-order chi connectivity index (χ1) is 44.2. The van der Waals surface area contributed by atoms with E-state index in [1.807, 2.05) is 115 Å². The average molecular weight is 1270 g/mol. The van der Waals surface area contributed by atoms with Crippen LogP contribution in [0.1, 0.15) is 181 Å². The number of ketones is 1. The highest BCUT2D eigenvalue weighted by Crippen LogP contribution is 2.43. The maximum Gasteiger partial charge on any atom is 0.308 e. The fraction of sp³-hybridized carbons (Fsp3) is 0.487. The number of aliphatic hydroxyl groups is 3. The van der Waals surface area contributed by atoms with Crippen molar-refractivity contribution in [1.82, 2.24) is 0 Å². The fourth-order valence-corrected chi connectivity index (χ4v) is 13.3. The number of allylic oxidation sites excluding steroid dienone is 2. The van der Waals surface area contributed by atoms with Crippen molar-refractivity contribution >= 4 is 47.2 Å². The molecule has 0 saturated heterocycles. The summed E-state index contributed by atoms with van der Waals surface area (Å²) in [6.45, 7) is 0. The van der Waals surface area contributed by atoms with E-state index in [0.717, 1.165) is 61.6 Å². The quantitative estimate of drug-likeness (QED) is 0.0608. The second kappa shape index (κ2) is 37.0. The maximum absolute atomic E-state index is 11.4. The van der Waals surface area contributed by atoms with Crippen molar-refractivity contribution in [3.63, 3.8) is 0 Å². The van der Waals surface area contributed by atoms with E-state index in [-0.39, 0.29) is 65.2 Å². The van der Waals surface area contributed by atoms with Crippen LogP contribution >= 0.6 is 0 Å². The number of benzene rings is 5. The van der Waals surface area contributed by atoms with Crippen LogP contribution in [0.15, 0.2) is 158 Å². The monoisotopic (exact) mass is 1260 g/mol. The Balaban J connectivity index is 0.000000176. The van der Waals surface area contributed by atoms with E-state index in [9.17, 15) is 48.9 Å². The van der Waals surface area contributed by atoms with Gasteiger partial charge < -0.3 is 44.5 Å². The van der Waals surface area contributed by atoms with Crippen LogP contribution in [0.5, 0.6) is 0 Å². The van der Waals surface area contributed by atoms with Crippen molar-refractivity contribution in [2.24, 2.45) is 35.5 Å². The van der Waals surface area contributed by atoms with Gasteiger partial charge in [0.2, 0.25) is 0 Å². The number of aliphatic carboxylic acids is 2. The Labute approximate surface area is 542 Å². The van der Waals surface area contributed by atoms with Crippen LogP contribution in [0, 0.1) is 35.5 Å². The molecule has 16 heteroatoms. The number of carboxylic acid groups (broad SMARTS) is 2. The van der Waals surface area contributed by atoms with Gasteiger partial charge in [-0.05, 0) is 174 Å². The molecule has 6 aliphatic carbocycles. The first kappa shape index (κ1) is 73.3. The number of methoxy groups -OCH3 is 4. The zero-order valence-electron chi connectivity index (χ0n) is 54.0. The Bertz CT molecular complexity index is 2990. The molecule has 0 heterocycles. The highest BCUT2D eigenvalue weighted by molar-refractivity contribution is 5.82. The lowest BCUT2D eigenvalue weighted by Crippen LogP contribution is -2.34. The van der Waals surface area contributed by atoms with Crippen molar-refractivity contribution < 1.29 is 78.0 Å². The van der Waals surface area contributed by atoms with Crippen molar-refractivity contribution in [2.75, 3.05) is 28.4 Å².